The quantitative estimate of drug-likeness (QED) is 0.800. The van der Waals surface area contributed by atoms with Crippen LogP contribution >= 0.6 is 11.3 Å². The highest BCUT2D eigenvalue weighted by molar-refractivity contribution is 7.10. The average molecular weight is 251 g/mol. The van der Waals surface area contributed by atoms with E-state index in [4.69, 9.17) is 4.74 Å². The van der Waals surface area contributed by atoms with Crippen molar-refractivity contribution < 1.29 is 4.74 Å². The van der Waals surface area contributed by atoms with Gasteiger partial charge >= 0.3 is 0 Å². The van der Waals surface area contributed by atoms with Crippen LogP contribution in [0.3, 0.4) is 0 Å². The standard InChI is InChI=1S/C14H21NOS/c1-15(2)14(7-3-4-8-14)13-11-6-10-17-12(11)5-9-16-13/h6,10,13H,3-5,7-9H2,1-2H3. The highest BCUT2D eigenvalue weighted by Crippen LogP contribution is 2.48. The van der Waals surface area contributed by atoms with E-state index in [1.807, 2.05) is 11.3 Å². The molecule has 1 aliphatic carbocycles. The van der Waals surface area contributed by atoms with Gasteiger partial charge in [-0.25, -0.2) is 0 Å². The molecule has 0 saturated heterocycles. The van der Waals surface area contributed by atoms with Gasteiger partial charge in [-0.15, -0.1) is 11.3 Å². The van der Waals surface area contributed by atoms with Gasteiger partial charge in [0.2, 0.25) is 0 Å². The topological polar surface area (TPSA) is 12.5 Å². The van der Waals surface area contributed by atoms with Gasteiger partial charge < -0.3 is 9.64 Å². The average Bonchev–Trinajstić information content (AvgIpc) is 2.98. The van der Waals surface area contributed by atoms with Crippen LogP contribution in [0.2, 0.25) is 0 Å². The van der Waals surface area contributed by atoms with E-state index in [1.165, 1.54) is 31.2 Å². The molecule has 1 unspecified atom stereocenters. The third-order valence-corrected chi connectivity index (χ3v) is 5.52. The van der Waals surface area contributed by atoms with Gasteiger partial charge in [0.05, 0.1) is 12.1 Å². The van der Waals surface area contributed by atoms with Gasteiger partial charge in [0, 0.05) is 11.3 Å². The van der Waals surface area contributed by atoms with Crippen molar-refractivity contribution in [2.45, 2.75) is 43.7 Å². The lowest BCUT2D eigenvalue weighted by atomic mass is 9.83. The van der Waals surface area contributed by atoms with Gasteiger partial charge in [0.1, 0.15) is 6.10 Å². The van der Waals surface area contributed by atoms with Crippen LogP contribution in [0.25, 0.3) is 0 Å². The Balaban J connectivity index is 1.99. The van der Waals surface area contributed by atoms with Crippen LogP contribution in [0.4, 0.5) is 0 Å². The molecule has 0 radical (unpaired) electrons. The van der Waals surface area contributed by atoms with Crippen LogP contribution in [0.1, 0.15) is 42.2 Å². The van der Waals surface area contributed by atoms with Crippen molar-refractivity contribution in [2.75, 3.05) is 20.7 Å². The molecule has 2 aliphatic rings. The van der Waals surface area contributed by atoms with Crippen molar-refractivity contribution in [3.8, 4) is 0 Å². The SMILES string of the molecule is CN(C)C1(C2OCCc3sccc32)CCCC1. The summed E-state index contributed by atoms with van der Waals surface area (Å²) in [6.45, 7) is 0.897. The van der Waals surface area contributed by atoms with Crippen LogP contribution in [0, 0.1) is 0 Å². The number of hydrogen-bond acceptors (Lipinski definition) is 3. The maximum absolute atomic E-state index is 6.18. The van der Waals surface area contributed by atoms with E-state index in [-0.39, 0.29) is 5.54 Å². The minimum atomic E-state index is 0.246. The number of rotatable bonds is 2. The molecule has 1 saturated carbocycles. The molecule has 3 heteroatoms. The predicted molar refractivity (Wildman–Crippen MR) is 71.6 cm³/mol. The Kier molecular flexibility index (Phi) is 3.01. The van der Waals surface area contributed by atoms with Crippen molar-refractivity contribution in [2.24, 2.45) is 0 Å². The summed E-state index contributed by atoms with van der Waals surface area (Å²) < 4.78 is 6.18. The van der Waals surface area contributed by atoms with Crippen LogP contribution in [-0.2, 0) is 11.2 Å². The maximum Gasteiger partial charge on any atom is 0.102 e. The second-order valence-corrected chi connectivity index (χ2v) is 6.51. The molecule has 17 heavy (non-hydrogen) atoms. The number of thiophene rings is 1. The molecule has 0 amide bonds. The number of fused-ring (bicyclic) bond motifs is 1. The first-order chi connectivity index (χ1) is 8.24. The number of hydrogen-bond donors (Lipinski definition) is 0. The van der Waals surface area contributed by atoms with Crippen molar-refractivity contribution in [1.82, 2.24) is 4.90 Å². The molecule has 0 bridgehead atoms. The third-order valence-electron chi connectivity index (χ3n) is 4.52. The summed E-state index contributed by atoms with van der Waals surface area (Å²) in [6, 6.07) is 2.29. The fourth-order valence-corrected chi connectivity index (χ4v) is 4.41. The highest BCUT2D eigenvalue weighted by atomic mass is 32.1. The van der Waals surface area contributed by atoms with Gasteiger partial charge in [0.15, 0.2) is 0 Å². The molecule has 94 valence electrons. The minimum absolute atomic E-state index is 0.246. The summed E-state index contributed by atoms with van der Waals surface area (Å²) in [7, 11) is 4.44. The van der Waals surface area contributed by atoms with Crippen LogP contribution in [0.5, 0.6) is 0 Å². The lowest BCUT2D eigenvalue weighted by Gasteiger charge is -2.44. The number of ether oxygens (including phenoxy) is 1. The Morgan fingerprint density at radius 2 is 2.12 bits per heavy atom. The molecule has 1 aliphatic heterocycles. The fraction of sp³-hybridized carbons (Fsp3) is 0.714. The van der Waals surface area contributed by atoms with Gasteiger partial charge in [-0.05, 0) is 43.9 Å². The first-order valence-corrected chi connectivity index (χ1v) is 7.47. The summed E-state index contributed by atoms with van der Waals surface area (Å²) in [5.41, 5.74) is 1.72. The molecule has 1 fully saturated rings. The lowest BCUT2D eigenvalue weighted by molar-refractivity contribution is -0.0645. The molecule has 1 atom stereocenters. The van der Waals surface area contributed by atoms with Crippen LogP contribution in [-0.4, -0.2) is 31.1 Å². The van der Waals surface area contributed by atoms with Gasteiger partial charge in [0.25, 0.3) is 0 Å². The van der Waals surface area contributed by atoms with Gasteiger partial charge in [-0.2, -0.15) is 0 Å². The van der Waals surface area contributed by atoms with Crippen LogP contribution in [0.15, 0.2) is 11.4 Å². The number of nitrogens with zero attached hydrogens (tertiary/aromatic N) is 1. The molecule has 3 rings (SSSR count). The van der Waals surface area contributed by atoms with Crippen LogP contribution < -0.4 is 0 Å². The molecule has 0 aromatic carbocycles. The van der Waals surface area contributed by atoms with E-state index in [0.717, 1.165) is 13.0 Å². The minimum Gasteiger partial charge on any atom is -0.371 e. The van der Waals surface area contributed by atoms with Crippen molar-refractivity contribution in [1.29, 1.82) is 0 Å². The zero-order valence-electron chi connectivity index (χ0n) is 10.7. The Labute approximate surface area is 108 Å². The van der Waals surface area contributed by atoms with E-state index in [1.54, 1.807) is 4.88 Å². The summed E-state index contributed by atoms with van der Waals surface area (Å²) >= 11 is 1.90. The Morgan fingerprint density at radius 3 is 2.82 bits per heavy atom. The second-order valence-electron chi connectivity index (χ2n) is 5.51. The van der Waals surface area contributed by atoms with Gasteiger partial charge in [-0.1, -0.05) is 12.8 Å². The maximum atomic E-state index is 6.18. The second kappa shape index (κ2) is 4.38. The largest absolute Gasteiger partial charge is 0.371 e. The molecule has 1 aromatic heterocycles. The summed E-state index contributed by atoms with van der Waals surface area (Å²) in [5, 5.41) is 2.23. The first kappa shape index (κ1) is 11.7. The first-order valence-electron chi connectivity index (χ1n) is 6.59. The molecule has 2 nitrogen and oxygen atoms in total. The molecular weight excluding hydrogens is 230 g/mol. The van der Waals surface area contributed by atoms with E-state index in [9.17, 15) is 0 Å². The number of likely N-dealkylation sites (N-methyl/N-ethyl adjacent to an activating group) is 1. The zero-order valence-corrected chi connectivity index (χ0v) is 11.6. The molecule has 2 heterocycles. The van der Waals surface area contributed by atoms with E-state index < -0.39 is 0 Å². The summed E-state index contributed by atoms with van der Waals surface area (Å²) in [4.78, 5) is 3.96. The predicted octanol–water partition coefficient (Wildman–Crippen LogP) is 3.24. The van der Waals surface area contributed by atoms with E-state index >= 15 is 0 Å². The Hall–Kier alpha value is -0.380. The fourth-order valence-electron chi connectivity index (χ4n) is 3.52. The molecule has 1 aromatic rings. The van der Waals surface area contributed by atoms with Crippen molar-refractivity contribution >= 4 is 11.3 Å². The Bertz CT molecular complexity index is 393. The molecular formula is C14H21NOS. The summed E-state index contributed by atoms with van der Waals surface area (Å²) in [6.07, 6.45) is 6.65. The Morgan fingerprint density at radius 1 is 1.35 bits per heavy atom. The zero-order chi connectivity index (χ0) is 11.9. The third kappa shape index (κ3) is 1.76. The van der Waals surface area contributed by atoms with E-state index in [0.29, 0.717) is 6.10 Å². The van der Waals surface area contributed by atoms with E-state index in [2.05, 4.69) is 30.4 Å². The van der Waals surface area contributed by atoms with Crippen molar-refractivity contribution in [3.05, 3.63) is 21.9 Å². The normalized spacial score (nSPS) is 27.4. The monoisotopic (exact) mass is 251 g/mol. The lowest BCUT2D eigenvalue weighted by Crippen LogP contribution is -2.49. The van der Waals surface area contributed by atoms with Gasteiger partial charge in [-0.3, -0.25) is 0 Å². The molecule has 0 spiro atoms. The summed E-state index contributed by atoms with van der Waals surface area (Å²) in [5.74, 6) is 0. The van der Waals surface area contributed by atoms with Crippen molar-refractivity contribution in [3.63, 3.8) is 0 Å². The smallest absolute Gasteiger partial charge is 0.102 e. The molecule has 0 N–H and O–H groups in total. The highest BCUT2D eigenvalue weighted by Gasteiger charge is 2.46.